The number of fused-ring (bicyclic) bond motifs is 1. The van der Waals surface area contributed by atoms with Gasteiger partial charge in [-0.15, -0.1) is 0 Å². The summed E-state index contributed by atoms with van der Waals surface area (Å²) in [7, 11) is 0. The van der Waals surface area contributed by atoms with Crippen LogP contribution in [0.4, 0.5) is 4.39 Å². The first-order valence-corrected chi connectivity index (χ1v) is 12.9. The Kier molecular flexibility index (Phi) is 8.65. The van der Waals surface area contributed by atoms with Crippen molar-refractivity contribution in [3.63, 3.8) is 0 Å². The van der Waals surface area contributed by atoms with E-state index < -0.39 is 0 Å². The van der Waals surface area contributed by atoms with E-state index in [0.29, 0.717) is 0 Å². The second kappa shape index (κ2) is 12.1. The first kappa shape index (κ1) is 24.3. The lowest BCUT2D eigenvalue weighted by Gasteiger charge is -2.18. The summed E-state index contributed by atoms with van der Waals surface area (Å²) in [4.78, 5) is 4.60. The Balaban J connectivity index is 1.38. The molecule has 1 aliphatic carbocycles. The van der Waals surface area contributed by atoms with Crippen LogP contribution in [0.2, 0.25) is 0 Å². The molecule has 0 bridgehead atoms. The molecular weight excluding hydrogens is 419 g/mol. The molecule has 3 heteroatoms. The molecule has 0 atom stereocenters. The second-order valence-electron chi connectivity index (χ2n) is 9.41. The molecule has 1 heterocycles. The SMILES string of the molecule is CC/C(CCNCCCc1ccnc2c1CCCC2)=C(/c1ccc(C)cc1)c1ccc(F)cc1. The molecule has 0 amide bonds. The van der Waals surface area contributed by atoms with Crippen molar-refractivity contribution in [2.24, 2.45) is 0 Å². The summed E-state index contributed by atoms with van der Waals surface area (Å²) in [6, 6.07) is 17.8. The van der Waals surface area contributed by atoms with E-state index in [-0.39, 0.29) is 5.82 Å². The summed E-state index contributed by atoms with van der Waals surface area (Å²) >= 11 is 0. The molecule has 4 rings (SSSR count). The zero-order valence-corrected chi connectivity index (χ0v) is 20.7. The van der Waals surface area contributed by atoms with Crippen molar-refractivity contribution >= 4 is 5.57 Å². The molecule has 1 N–H and O–H groups in total. The van der Waals surface area contributed by atoms with E-state index in [9.17, 15) is 4.39 Å². The zero-order chi connectivity index (χ0) is 23.8. The first-order chi connectivity index (χ1) is 16.7. The van der Waals surface area contributed by atoms with Crippen LogP contribution in [0.25, 0.3) is 5.57 Å². The lowest BCUT2D eigenvalue weighted by atomic mass is 9.90. The molecule has 1 aliphatic rings. The number of pyridine rings is 1. The van der Waals surface area contributed by atoms with Crippen molar-refractivity contribution < 1.29 is 4.39 Å². The molecule has 2 nitrogen and oxygen atoms in total. The van der Waals surface area contributed by atoms with Crippen molar-refractivity contribution in [3.05, 3.63) is 106 Å². The van der Waals surface area contributed by atoms with E-state index in [1.54, 1.807) is 12.1 Å². The van der Waals surface area contributed by atoms with Gasteiger partial charge in [-0.2, -0.15) is 0 Å². The van der Waals surface area contributed by atoms with Gasteiger partial charge in [0.05, 0.1) is 0 Å². The Morgan fingerprint density at radius 2 is 1.62 bits per heavy atom. The number of nitrogens with one attached hydrogen (secondary N) is 1. The number of halogens is 1. The third kappa shape index (κ3) is 6.21. The molecular formula is C31H37FN2. The van der Waals surface area contributed by atoms with Gasteiger partial charge in [-0.3, -0.25) is 4.98 Å². The largest absolute Gasteiger partial charge is 0.316 e. The van der Waals surface area contributed by atoms with Crippen molar-refractivity contribution in [2.45, 2.75) is 65.2 Å². The molecule has 0 aliphatic heterocycles. The molecule has 178 valence electrons. The molecule has 0 unspecified atom stereocenters. The fraction of sp³-hybridized carbons (Fsp3) is 0.387. The lowest BCUT2D eigenvalue weighted by molar-refractivity contribution is 0.627. The second-order valence-corrected chi connectivity index (χ2v) is 9.41. The molecule has 0 saturated carbocycles. The normalized spacial score (nSPS) is 14.0. The summed E-state index contributed by atoms with van der Waals surface area (Å²) in [5, 5.41) is 3.67. The minimum atomic E-state index is -0.192. The van der Waals surface area contributed by atoms with Crippen LogP contribution >= 0.6 is 0 Å². The van der Waals surface area contributed by atoms with Crippen LogP contribution in [0.3, 0.4) is 0 Å². The van der Waals surface area contributed by atoms with E-state index in [2.05, 4.69) is 54.5 Å². The predicted molar refractivity (Wildman–Crippen MR) is 141 cm³/mol. The van der Waals surface area contributed by atoms with Crippen molar-refractivity contribution in [1.82, 2.24) is 10.3 Å². The molecule has 0 fully saturated rings. The number of hydrogen-bond donors (Lipinski definition) is 1. The van der Waals surface area contributed by atoms with E-state index in [1.807, 2.05) is 18.3 Å². The molecule has 1 aromatic heterocycles. The number of aryl methyl sites for hydroxylation is 3. The van der Waals surface area contributed by atoms with Crippen LogP contribution in [-0.4, -0.2) is 18.1 Å². The Morgan fingerprint density at radius 3 is 2.35 bits per heavy atom. The number of aromatic nitrogens is 1. The maximum atomic E-state index is 13.6. The Hall–Kier alpha value is -2.78. The molecule has 0 radical (unpaired) electrons. The third-order valence-corrected chi connectivity index (χ3v) is 6.99. The maximum absolute atomic E-state index is 13.6. The van der Waals surface area contributed by atoms with Crippen LogP contribution in [0.1, 0.15) is 72.5 Å². The van der Waals surface area contributed by atoms with Gasteiger partial charge in [-0.1, -0.05) is 54.5 Å². The number of benzene rings is 2. The van der Waals surface area contributed by atoms with Gasteiger partial charge < -0.3 is 5.32 Å². The summed E-state index contributed by atoms with van der Waals surface area (Å²) in [5.74, 6) is -0.192. The van der Waals surface area contributed by atoms with Crippen LogP contribution < -0.4 is 5.32 Å². The van der Waals surface area contributed by atoms with E-state index in [1.165, 1.54) is 58.4 Å². The summed E-state index contributed by atoms with van der Waals surface area (Å²) in [6.07, 6.45) is 11.1. The van der Waals surface area contributed by atoms with Crippen LogP contribution in [0.15, 0.2) is 66.4 Å². The van der Waals surface area contributed by atoms with Gasteiger partial charge in [0.1, 0.15) is 5.82 Å². The number of hydrogen-bond acceptors (Lipinski definition) is 2. The molecule has 0 saturated heterocycles. The van der Waals surface area contributed by atoms with Crippen LogP contribution in [-0.2, 0) is 19.3 Å². The predicted octanol–water partition coefficient (Wildman–Crippen LogP) is 7.23. The molecule has 2 aromatic carbocycles. The summed E-state index contributed by atoms with van der Waals surface area (Å²) < 4.78 is 13.6. The smallest absolute Gasteiger partial charge is 0.123 e. The maximum Gasteiger partial charge on any atom is 0.123 e. The van der Waals surface area contributed by atoms with Gasteiger partial charge in [0.25, 0.3) is 0 Å². The van der Waals surface area contributed by atoms with Crippen molar-refractivity contribution in [1.29, 1.82) is 0 Å². The fourth-order valence-electron chi connectivity index (χ4n) is 5.09. The van der Waals surface area contributed by atoms with Gasteiger partial charge in [0, 0.05) is 11.9 Å². The Bertz CT molecular complexity index is 1050. The highest BCUT2D eigenvalue weighted by Gasteiger charge is 2.14. The summed E-state index contributed by atoms with van der Waals surface area (Å²) in [6.45, 7) is 6.30. The highest BCUT2D eigenvalue weighted by atomic mass is 19.1. The summed E-state index contributed by atoms with van der Waals surface area (Å²) in [5.41, 5.74) is 10.5. The van der Waals surface area contributed by atoms with Gasteiger partial charge >= 0.3 is 0 Å². The fourth-order valence-corrected chi connectivity index (χ4v) is 5.09. The Labute approximate surface area is 204 Å². The number of nitrogens with zero attached hydrogens (tertiary/aromatic N) is 1. The van der Waals surface area contributed by atoms with Gasteiger partial charge in [-0.05, 0) is 117 Å². The van der Waals surface area contributed by atoms with Gasteiger partial charge in [0.2, 0.25) is 0 Å². The van der Waals surface area contributed by atoms with Crippen LogP contribution in [0.5, 0.6) is 0 Å². The topological polar surface area (TPSA) is 24.9 Å². The zero-order valence-electron chi connectivity index (χ0n) is 20.7. The van der Waals surface area contributed by atoms with Gasteiger partial charge in [-0.25, -0.2) is 4.39 Å². The van der Waals surface area contributed by atoms with E-state index >= 15 is 0 Å². The van der Waals surface area contributed by atoms with Crippen molar-refractivity contribution in [2.75, 3.05) is 13.1 Å². The average Bonchev–Trinajstić information content (AvgIpc) is 2.87. The minimum absolute atomic E-state index is 0.192. The van der Waals surface area contributed by atoms with Gasteiger partial charge in [0.15, 0.2) is 0 Å². The van der Waals surface area contributed by atoms with E-state index in [0.717, 1.165) is 50.8 Å². The van der Waals surface area contributed by atoms with Crippen LogP contribution in [0, 0.1) is 12.7 Å². The quantitative estimate of drug-likeness (QED) is 0.325. The molecule has 3 aromatic rings. The first-order valence-electron chi connectivity index (χ1n) is 12.9. The average molecular weight is 457 g/mol. The molecule has 34 heavy (non-hydrogen) atoms. The monoisotopic (exact) mass is 456 g/mol. The number of rotatable bonds is 10. The Morgan fingerprint density at radius 1 is 0.912 bits per heavy atom. The lowest BCUT2D eigenvalue weighted by Crippen LogP contribution is -2.18. The standard InChI is InChI=1S/C31H37FN2/c1-3-24(31(26-12-10-23(2)11-13-26)27-14-16-28(32)17-15-27)18-21-33-20-6-7-25-19-22-34-30-9-5-4-8-29(25)30/h10-17,19,22,33H,3-9,18,20-21H2,1-2H3/b31-24+. The molecule has 0 spiro atoms. The van der Waals surface area contributed by atoms with E-state index in [4.69, 9.17) is 0 Å². The highest BCUT2D eigenvalue weighted by Crippen LogP contribution is 2.30. The highest BCUT2D eigenvalue weighted by molar-refractivity contribution is 5.82. The minimum Gasteiger partial charge on any atom is -0.316 e. The third-order valence-electron chi connectivity index (χ3n) is 6.99. The van der Waals surface area contributed by atoms with Crippen molar-refractivity contribution in [3.8, 4) is 0 Å².